The fourth-order valence-electron chi connectivity index (χ4n) is 1.23. The van der Waals surface area contributed by atoms with E-state index in [-0.39, 0.29) is 11.0 Å². The van der Waals surface area contributed by atoms with Crippen molar-refractivity contribution >= 4 is 16.8 Å². The van der Waals surface area contributed by atoms with Crippen molar-refractivity contribution in [3.8, 4) is 0 Å². The largest absolute Gasteiger partial charge is 0.439 e. The van der Waals surface area contributed by atoms with Crippen LogP contribution in [0.1, 0.15) is 20.3 Å². The third-order valence-electron chi connectivity index (χ3n) is 2.71. The Kier molecular flexibility index (Phi) is 3.91. The fourth-order valence-corrected chi connectivity index (χ4v) is 2.45. The lowest BCUT2D eigenvalue weighted by atomic mass is 10.0. The number of alkyl halides is 3. The Balaban J connectivity index is 2.84. The van der Waals surface area contributed by atoms with Crippen molar-refractivity contribution in [1.29, 1.82) is 0 Å². The van der Waals surface area contributed by atoms with Gasteiger partial charge < -0.3 is 10.8 Å². The molecule has 0 aliphatic carbocycles. The number of aliphatic hydroxyl groups is 1. The van der Waals surface area contributed by atoms with Crippen molar-refractivity contribution < 1.29 is 18.3 Å². The average molecular weight is 256 g/mol. The number of thioether (sulfide) groups is 1. The molecule has 16 heavy (non-hydrogen) atoms. The van der Waals surface area contributed by atoms with Gasteiger partial charge in [0.2, 0.25) is 0 Å². The molecule has 3 nitrogen and oxygen atoms in total. The molecule has 0 aromatic carbocycles. The zero-order valence-electron chi connectivity index (χ0n) is 9.08. The lowest BCUT2D eigenvalue weighted by Gasteiger charge is -2.21. The molecule has 7 heteroatoms. The van der Waals surface area contributed by atoms with Crippen molar-refractivity contribution in [2.75, 3.05) is 5.75 Å². The second kappa shape index (κ2) is 4.54. The minimum absolute atomic E-state index is 0.0434. The van der Waals surface area contributed by atoms with E-state index in [0.29, 0.717) is 0 Å². The van der Waals surface area contributed by atoms with Crippen LogP contribution in [0.5, 0.6) is 0 Å². The third-order valence-corrected chi connectivity index (χ3v) is 3.92. The summed E-state index contributed by atoms with van der Waals surface area (Å²) >= 11 is 0.883. The molecule has 1 heterocycles. The zero-order chi connectivity index (χ0) is 12.6. The summed E-state index contributed by atoms with van der Waals surface area (Å²) in [7, 11) is 0. The molecule has 1 aliphatic rings. The van der Waals surface area contributed by atoms with E-state index in [2.05, 4.69) is 4.99 Å². The first kappa shape index (κ1) is 13.8. The molecule has 0 aromatic heterocycles. The number of hydrogen-bond donors (Lipinski definition) is 2. The molecule has 1 unspecified atom stereocenters. The second-order valence-electron chi connectivity index (χ2n) is 3.96. The SMILES string of the molecule is CC[C@H](C)[C@H](N)C1=NC(O)(C(F)(F)F)CS1. The fraction of sp³-hybridized carbons (Fsp3) is 0.889. The molecule has 0 aromatic rings. The summed E-state index contributed by atoms with van der Waals surface area (Å²) in [6, 6.07) is -0.536. The summed E-state index contributed by atoms with van der Waals surface area (Å²) in [5.74, 6) is -0.461. The van der Waals surface area contributed by atoms with E-state index < -0.39 is 23.7 Å². The van der Waals surface area contributed by atoms with Crippen LogP contribution >= 0.6 is 11.8 Å². The van der Waals surface area contributed by atoms with Gasteiger partial charge in [0.25, 0.3) is 5.72 Å². The van der Waals surface area contributed by atoms with Crippen LogP contribution in [0.4, 0.5) is 13.2 Å². The number of nitrogens with two attached hydrogens (primary N) is 1. The van der Waals surface area contributed by atoms with Crippen LogP contribution in [0.25, 0.3) is 0 Å². The highest BCUT2D eigenvalue weighted by molar-refractivity contribution is 8.14. The average Bonchev–Trinajstić information content (AvgIpc) is 2.59. The van der Waals surface area contributed by atoms with Crippen LogP contribution in [0.3, 0.4) is 0 Å². The standard InChI is InChI=1S/C9H15F3N2OS/c1-3-5(2)6(13)7-14-8(15,4-16-7)9(10,11)12/h5-6,15H,3-4,13H2,1-2H3/t5-,6-,8?/m0/s1. The first-order valence-corrected chi connectivity index (χ1v) is 5.97. The monoisotopic (exact) mass is 256 g/mol. The van der Waals surface area contributed by atoms with Crippen molar-refractivity contribution in [1.82, 2.24) is 0 Å². The molecule has 0 amide bonds. The van der Waals surface area contributed by atoms with Gasteiger partial charge in [0, 0.05) is 0 Å². The van der Waals surface area contributed by atoms with Crippen LogP contribution in [-0.4, -0.2) is 33.8 Å². The predicted octanol–water partition coefficient (Wildman–Crippen LogP) is 1.76. The molecule has 94 valence electrons. The molecule has 0 radical (unpaired) electrons. The topological polar surface area (TPSA) is 58.6 Å². The molecular formula is C9H15F3N2OS. The third kappa shape index (κ3) is 2.52. The van der Waals surface area contributed by atoms with Gasteiger partial charge in [-0.25, -0.2) is 4.99 Å². The molecule has 0 bridgehead atoms. The molecule has 0 spiro atoms. The molecule has 0 saturated heterocycles. The van der Waals surface area contributed by atoms with Gasteiger partial charge in [-0.1, -0.05) is 20.3 Å². The van der Waals surface area contributed by atoms with Crippen LogP contribution in [-0.2, 0) is 0 Å². The Labute approximate surface area is 96.3 Å². The molecule has 3 N–H and O–H groups in total. The predicted molar refractivity (Wildman–Crippen MR) is 58.3 cm³/mol. The first-order valence-electron chi connectivity index (χ1n) is 4.98. The lowest BCUT2D eigenvalue weighted by Crippen LogP contribution is -2.44. The number of halogens is 3. The number of aliphatic imine (C=N–C) groups is 1. The van der Waals surface area contributed by atoms with Crippen LogP contribution < -0.4 is 5.73 Å². The number of nitrogens with zero attached hydrogens (tertiary/aromatic N) is 1. The van der Waals surface area contributed by atoms with E-state index in [4.69, 9.17) is 5.73 Å². The molecule has 1 aliphatic heterocycles. The first-order chi connectivity index (χ1) is 7.21. The smallest absolute Gasteiger partial charge is 0.361 e. The van der Waals surface area contributed by atoms with E-state index >= 15 is 0 Å². The Morgan fingerprint density at radius 2 is 2.19 bits per heavy atom. The van der Waals surface area contributed by atoms with Gasteiger partial charge in [0.1, 0.15) is 0 Å². The maximum Gasteiger partial charge on any atom is 0.439 e. The van der Waals surface area contributed by atoms with Crippen LogP contribution in [0.2, 0.25) is 0 Å². The van der Waals surface area contributed by atoms with Gasteiger partial charge in [-0.05, 0) is 5.92 Å². The van der Waals surface area contributed by atoms with E-state index in [1.807, 2.05) is 13.8 Å². The van der Waals surface area contributed by atoms with E-state index in [9.17, 15) is 18.3 Å². The molecule has 0 saturated carbocycles. The van der Waals surface area contributed by atoms with Crippen molar-refractivity contribution in [3.05, 3.63) is 0 Å². The Morgan fingerprint density at radius 1 is 1.62 bits per heavy atom. The number of rotatable bonds is 3. The summed E-state index contributed by atoms with van der Waals surface area (Å²) < 4.78 is 37.4. The van der Waals surface area contributed by atoms with Crippen molar-refractivity contribution in [2.24, 2.45) is 16.6 Å². The maximum absolute atomic E-state index is 12.5. The molecule has 3 atom stereocenters. The van der Waals surface area contributed by atoms with E-state index in [0.717, 1.165) is 18.2 Å². The normalized spacial score (nSPS) is 30.1. The van der Waals surface area contributed by atoms with Gasteiger partial charge in [-0.3, -0.25) is 0 Å². The Morgan fingerprint density at radius 3 is 2.56 bits per heavy atom. The molecule has 0 fully saturated rings. The van der Waals surface area contributed by atoms with Gasteiger partial charge >= 0.3 is 6.18 Å². The Hall–Kier alpha value is -0.270. The van der Waals surface area contributed by atoms with E-state index in [1.165, 1.54) is 0 Å². The highest BCUT2D eigenvalue weighted by atomic mass is 32.2. The highest BCUT2D eigenvalue weighted by Crippen LogP contribution is 2.40. The summed E-state index contributed by atoms with van der Waals surface area (Å²) in [5, 5.41) is 9.50. The Bertz CT molecular complexity index is 295. The second-order valence-corrected chi connectivity index (χ2v) is 4.96. The summed E-state index contributed by atoms with van der Waals surface area (Å²) in [6.07, 6.45) is -3.98. The van der Waals surface area contributed by atoms with E-state index in [1.54, 1.807) is 0 Å². The minimum Gasteiger partial charge on any atom is -0.361 e. The summed E-state index contributed by atoms with van der Waals surface area (Å²) in [6.45, 7) is 3.75. The molecular weight excluding hydrogens is 241 g/mol. The van der Waals surface area contributed by atoms with Crippen LogP contribution in [0.15, 0.2) is 4.99 Å². The highest BCUT2D eigenvalue weighted by Gasteiger charge is 2.57. The van der Waals surface area contributed by atoms with Crippen molar-refractivity contribution in [3.63, 3.8) is 0 Å². The van der Waals surface area contributed by atoms with Gasteiger partial charge in [0.15, 0.2) is 0 Å². The van der Waals surface area contributed by atoms with Crippen molar-refractivity contribution in [2.45, 2.75) is 38.2 Å². The quantitative estimate of drug-likeness (QED) is 0.809. The summed E-state index contributed by atoms with van der Waals surface area (Å²) in [4.78, 5) is 3.35. The molecule has 1 rings (SSSR count). The summed E-state index contributed by atoms with van der Waals surface area (Å²) in [5.41, 5.74) is 2.81. The maximum atomic E-state index is 12.5. The lowest BCUT2D eigenvalue weighted by molar-refractivity contribution is -0.245. The van der Waals surface area contributed by atoms with Gasteiger partial charge in [-0.2, -0.15) is 13.2 Å². The minimum atomic E-state index is -4.74. The van der Waals surface area contributed by atoms with Crippen LogP contribution in [0, 0.1) is 5.92 Å². The van der Waals surface area contributed by atoms with Gasteiger partial charge in [0.05, 0.1) is 16.8 Å². The zero-order valence-corrected chi connectivity index (χ0v) is 9.90. The number of hydrogen-bond acceptors (Lipinski definition) is 4. The van der Waals surface area contributed by atoms with Gasteiger partial charge in [-0.15, -0.1) is 11.8 Å².